The molecule has 180 valence electrons. The van der Waals surface area contributed by atoms with Crippen LogP contribution in [0.2, 0.25) is 0 Å². The Labute approximate surface area is 211 Å². The predicted molar refractivity (Wildman–Crippen MR) is 140 cm³/mol. The largest absolute Gasteiger partial charge is 0.497 e. The molecule has 0 radical (unpaired) electrons. The Kier molecular flexibility index (Phi) is 6.55. The normalized spacial score (nSPS) is 10.9. The number of hydrogen-bond acceptors (Lipinski definition) is 6. The van der Waals surface area contributed by atoms with Crippen LogP contribution in [0.4, 0.5) is 0 Å². The molecule has 2 N–H and O–H groups in total. The summed E-state index contributed by atoms with van der Waals surface area (Å²) < 4.78 is 7.04. The topological polar surface area (TPSA) is 102 Å². The van der Waals surface area contributed by atoms with Crippen LogP contribution in [0.1, 0.15) is 15.9 Å². The number of H-pyrrole nitrogens is 1. The van der Waals surface area contributed by atoms with Crippen LogP contribution in [0.15, 0.2) is 84.1 Å². The first kappa shape index (κ1) is 23.4. The van der Waals surface area contributed by atoms with Crippen LogP contribution in [0.3, 0.4) is 0 Å². The number of fused-ring (bicyclic) bond motifs is 1. The van der Waals surface area contributed by atoms with E-state index in [0.717, 1.165) is 27.7 Å². The van der Waals surface area contributed by atoms with Gasteiger partial charge in [-0.25, -0.2) is 0 Å². The molecule has 3 aromatic carbocycles. The van der Waals surface area contributed by atoms with Crippen LogP contribution in [0.25, 0.3) is 28.0 Å². The number of carbonyl (C=O) groups is 2. The Morgan fingerprint density at radius 3 is 2.61 bits per heavy atom. The summed E-state index contributed by atoms with van der Waals surface area (Å²) in [7, 11) is 1.55. The molecular weight excluding hydrogens is 474 g/mol. The van der Waals surface area contributed by atoms with Crippen molar-refractivity contribution in [2.45, 2.75) is 12.1 Å². The zero-order valence-electron chi connectivity index (χ0n) is 19.7. The molecule has 0 aliphatic carbocycles. The molecule has 0 bridgehead atoms. The van der Waals surface area contributed by atoms with Gasteiger partial charge >= 0.3 is 0 Å². The molecule has 0 unspecified atom stereocenters. The minimum absolute atomic E-state index is 0.000270. The number of rotatable bonds is 7. The Balaban J connectivity index is 1.40. The van der Waals surface area contributed by atoms with Crippen LogP contribution in [-0.2, 0) is 4.79 Å². The first-order valence-corrected chi connectivity index (χ1v) is 12.2. The standard InChI is InChI=1S/C27H23N5O3S/c1-17-6-5-7-19(14-17)32-25(22-15-28-23-9-4-3-8-21(22)23)30-31-27(32)36-16-24(33)29-26(34)18-10-12-20(35-2)13-11-18/h3-15,28H,16H2,1-2H3,(H,29,33,34). The number of hydrogen-bond donors (Lipinski definition) is 2. The number of carbonyl (C=O) groups excluding carboxylic acids is 2. The van der Waals surface area contributed by atoms with E-state index < -0.39 is 11.8 Å². The van der Waals surface area contributed by atoms with E-state index in [0.29, 0.717) is 22.3 Å². The second kappa shape index (κ2) is 10.1. The Morgan fingerprint density at radius 2 is 1.83 bits per heavy atom. The van der Waals surface area contributed by atoms with Crippen LogP contribution in [0, 0.1) is 6.92 Å². The van der Waals surface area contributed by atoms with E-state index in [2.05, 4.69) is 20.5 Å². The van der Waals surface area contributed by atoms with Crippen LogP contribution < -0.4 is 10.1 Å². The number of thioether (sulfide) groups is 1. The fraction of sp³-hybridized carbons (Fsp3) is 0.111. The van der Waals surface area contributed by atoms with E-state index in [1.54, 1.807) is 31.4 Å². The molecule has 36 heavy (non-hydrogen) atoms. The van der Waals surface area contributed by atoms with Crippen LogP contribution >= 0.6 is 11.8 Å². The molecule has 2 amide bonds. The van der Waals surface area contributed by atoms with Crippen molar-refractivity contribution in [1.82, 2.24) is 25.1 Å². The molecule has 5 rings (SSSR count). The molecule has 0 fully saturated rings. The number of ether oxygens (including phenoxy) is 1. The number of para-hydroxylation sites is 1. The number of aryl methyl sites for hydroxylation is 1. The second-order valence-corrected chi connectivity index (χ2v) is 9.07. The van der Waals surface area contributed by atoms with Crippen molar-refractivity contribution in [3.8, 4) is 22.8 Å². The fourth-order valence-corrected chi connectivity index (χ4v) is 4.65. The lowest BCUT2D eigenvalue weighted by Crippen LogP contribution is -2.31. The summed E-state index contributed by atoms with van der Waals surface area (Å²) in [6.45, 7) is 2.02. The molecule has 0 saturated heterocycles. The molecule has 0 atom stereocenters. The van der Waals surface area contributed by atoms with E-state index >= 15 is 0 Å². The monoisotopic (exact) mass is 497 g/mol. The van der Waals surface area contributed by atoms with Crippen molar-refractivity contribution in [3.05, 3.63) is 90.1 Å². The minimum atomic E-state index is -0.470. The van der Waals surface area contributed by atoms with Gasteiger partial charge in [0.15, 0.2) is 11.0 Å². The lowest BCUT2D eigenvalue weighted by atomic mass is 10.1. The van der Waals surface area contributed by atoms with Crippen molar-refractivity contribution >= 4 is 34.5 Å². The lowest BCUT2D eigenvalue weighted by Gasteiger charge is -2.11. The fourth-order valence-electron chi connectivity index (χ4n) is 3.90. The summed E-state index contributed by atoms with van der Waals surface area (Å²) >= 11 is 1.22. The summed E-state index contributed by atoms with van der Waals surface area (Å²) in [5.74, 6) is 0.404. The first-order valence-electron chi connectivity index (χ1n) is 11.2. The average Bonchev–Trinajstić information content (AvgIpc) is 3.51. The molecule has 2 aromatic heterocycles. The van der Waals surface area contributed by atoms with Crippen LogP contribution in [0.5, 0.6) is 5.75 Å². The number of aromatic nitrogens is 4. The number of methoxy groups -OCH3 is 1. The highest BCUT2D eigenvalue weighted by atomic mass is 32.2. The third-order valence-electron chi connectivity index (χ3n) is 5.66. The second-order valence-electron chi connectivity index (χ2n) is 8.12. The number of nitrogens with zero attached hydrogens (tertiary/aromatic N) is 3. The maximum atomic E-state index is 12.6. The quantitative estimate of drug-likeness (QED) is 0.314. The summed E-state index contributed by atoms with van der Waals surface area (Å²) in [6.07, 6.45) is 1.91. The molecule has 5 aromatic rings. The van der Waals surface area contributed by atoms with Gasteiger partial charge in [-0.3, -0.25) is 19.5 Å². The molecule has 2 heterocycles. The predicted octanol–water partition coefficient (Wildman–Crippen LogP) is 4.78. The van der Waals surface area contributed by atoms with Gasteiger partial charge in [0, 0.05) is 33.9 Å². The molecule has 9 heteroatoms. The maximum absolute atomic E-state index is 12.6. The number of imide groups is 1. The zero-order chi connectivity index (χ0) is 25.1. The zero-order valence-corrected chi connectivity index (χ0v) is 20.5. The molecule has 0 aliphatic heterocycles. The summed E-state index contributed by atoms with van der Waals surface area (Å²) in [4.78, 5) is 28.3. The van der Waals surface area contributed by atoms with E-state index in [1.165, 1.54) is 11.8 Å². The van der Waals surface area contributed by atoms with E-state index in [-0.39, 0.29) is 5.75 Å². The van der Waals surface area contributed by atoms with Gasteiger partial charge in [0.05, 0.1) is 12.9 Å². The van der Waals surface area contributed by atoms with Gasteiger partial charge in [-0.2, -0.15) is 0 Å². The smallest absolute Gasteiger partial charge is 0.257 e. The van der Waals surface area contributed by atoms with Gasteiger partial charge in [-0.15, -0.1) is 10.2 Å². The third kappa shape index (κ3) is 4.73. The van der Waals surface area contributed by atoms with E-state index in [9.17, 15) is 9.59 Å². The SMILES string of the molecule is COc1ccc(C(=O)NC(=O)CSc2nnc(-c3c[nH]c4ccccc34)n2-c2cccc(C)c2)cc1. The summed E-state index contributed by atoms with van der Waals surface area (Å²) in [6, 6.07) is 22.6. The lowest BCUT2D eigenvalue weighted by molar-refractivity contribution is -0.117. The average molecular weight is 498 g/mol. The van der Waals surface area contributed by atoms with Crippen molar-refractivity contribution < 1.29 is 14.3 Å². The van der Waals surface area contributed by atoms with Gasteiger partial charge < -0.3 is 9.72 Å². The minimum Gasteiger partial charge on any atom is -0.497 e. The highest BCUT2D eigenvalue weighted by molar-refractivity contribution is 7.99. The summed E-state index contributed by atoms with van der Waals surface area (Å²) in [5, 5.41) is 12.9. The van der Waals surface area contributed by atoms with Gasteiger partial charge in [-0.1, -0.05) is 42.1 Å². The number of nitrogens with one attached hydrogen (secondary N) is 2. The van der Waals surface area contributed by atoms with Gasteiger partial charge in [0.1, 0.15) is 5.75 Å². The Morgan fingerprint density at radius 1 is 1.03 bits per heavy atom. The van der Waals surface area contributed by atoms with Crippen molar-refractivity contribution in [1.29, 1.82) is 0 Å². The number of amides is 2. The highest BCUT2D eigenvalue weighted by Crippen LogP contribution is 2.32. The van der Waals surface area contributed by atoms with E-state index in [1.807, 2.05) is 66.2 Å². The molecule has 8 nitrogen and oxygen atoms in total. The van der Waals surface area contributed by atoms with Gasteiger partial charge in [0.2, 0.25) is 5.91 Å². The van der Waals surface area contributed by atoms with Crippen molar-refractivity contribution in [2.75, 3.05) is 12.9 Å². The Bertz CT molecular complexity index is 1560. The maximum Gasteiger partial charge on any atom is 0.257 e. The number of aromatic amines is 1. The molecular formula is C27H23N5O3S. The van der Waals surface area contributed by atoms with Crippen molar-refractivity contribution in [3.63, 3.8) is 0 Å². The van der Waals surface area contributed by atoms with Gasteiger partial charge in [0.25, 0.3) is 5.91 Å². The van der Waals surface area contributed by atoms with Crippen molar-refractivity contribution in [2.24, 2.45) is 0 Å². The highest BCUT2D eigenvalue weighted by Gasteiger charge is 2.20. The molecule has 0 saturated carbocycles. The Hall–Kier alpha value is -4.37. The first-order chi connectivity index (χ1) is 17.5. The van der Waals surface area contributed by atoms with Gasteiger partial charge in [-0.05, 0) is 55.0 Å². The third-order valence-corrected chi connectivity index (χ3v) is 6.59. The van der Waals surface area contributed by atoms with Crippen LogP contribution in [-0.4, -0.2) is 44.4 Å². The molecule has 0 spiro atoms. The van der Waals surface area contributed by atoms with E-state index in [4.69, 9.17) is 4.74 Å². The summed E-state index contributed by atoms with van der Waals surface area (Å²) in [5.41, 5.74) is 4.25. The molecule has 0 aliphatic rings. The number of benzene rings is 3.